The number of fused-ring (bicyclic) bond motifs is 2. The van der Waals surface area contributed by atoms with E-state index < -0.39 is 21.8 Å². The fourth-order valence-corrected chi connectivity index (χ4v) is 8.03. The maximum absolute atomic E-state index is 13.1. The van der Waals surface area contributed by atoms with Crippen LogP contribution in [0.4, 0.5) is 24.7 Å². The van der Waals surface area contributed by atoms with Gasteiger partial charge in [0.05, 0.1) is 27.7 Å². The number of anilines is 2. The van der Waals surface area contributed by atoms with Crippen LogP contribution in [0.1, 0.15) is 35.5 Å². The summed E-state index contributed by atoms with van der Waals surface area (Å²) in [6, 6.07) is 15.9. The molecule has 0 saturated carbocycles. The van der Waals surface area contributed by atoms with Gasteiger partial charge < -0.3 is 19.4 Å². The molecule has 7 rings (SSSR count). The van der Waals surface area contributed by atoms with Crippen molar-refractivity contribution in [1.82, 2.24) is 29.0 Å². The number of hydrogen-bond acceptors (Lipinski definition) is 10. The van der Waals surface area contributed by atoms with Gasteiger partial charge in [0.15, 0.2) is 5.82 Å². The Labute approximate surface area is 298 Å². The maximum atomic E-state index is 13.1. The van der Waals surface area contributed by atoms with Crippen LogP contribution in [-0.4, -0.2) is 83.8 Å². The summed E-state index contributed by atoms with van der Waals surface area (Å²) in [6.07, 6.45) is -0.440. The molecule has 16 heteroatoms. The van der Waals surface area contributed by atoms with Gasteiger partial charge in [0, 0.05) is 49.2 Å². The monoisotopic (exact) mass is 740 g/mol. The second kappa shape index (κ2) is 13.9. The zero-order chi connectivity index (χ0) is 35.9. The molecule has 0 amide bonds. The lowest BCUT2D eigenvalue weighted by Gasteiger charge is -2.33. The number of hydrogen-bond donors (Lipinski definition) is 0. The van der Waals surface area contributed by atoms with Gasteiger partial charge in [-0.3, -0.25) is 0 Å². The van der Waals surface area contributed by atoms with Gasteiger partial charge in [-0.25, -0.2) is 4.98 Å². The number of benzene rings is 3. The summed E-state index contributed by atoms with van der Waals surface area (Å²) in [5, 5.41) is 6.88. The van der Waals surface area contributed by atoms with Crippen molar-refractivity contribution in [2.45, 2.75) is 49.3 Å². The number of halogens is 4. The highest BCUT2D eigenvalue weighted by Gasteiger charge is 2.31. The molecule has 11 nitrogen and oxygen atoms in total. The van der Waals surface area contributed by atoms with Crippen molar-refractivity contribution in [2.24, 2.45) is 0 Å². The number of aromatic nitrogens is 5. The first-order valence-corrected chi connectivity index (χ1v) is 18.4. The van der Waals surface area contributed by atoms with E-state index in [1.54, 1.807) is 0 Å². The van der Waals surface area contributed by atoms with Gasteiger partial charge >= 0.3 is 12.2 Å². The van der Waals surface area contributed by atoms with Crippen LogP contribution in [0.2, 0.25) is 5.02 Å². The number of likely N-dealkylation sites (N-methyl/N-ethyl adjacent to an activating group) is 2. The topological polar surface area (TPSA) is 110 Å². The molecule has 2 aliphatic rings. The van der Waals surface area contributed by atoms with Crippen LogP contribution in [-0.2, 0) is 35.6 Å². The van der Waals surface area contributed by atoms with Crippen LogP contribution in [0.25, 0.3) is 10.8 Å². The lowest BCUT2D eigenvalue weighted by molar-refractivity contribution is -0.137. The molecule has 0 aliphatic carbocycles. The number of alkyl halides is 3. The van der Waals surface area contributed by atoms with Gasteiger partial charge in [-0.2, -0.15) is 31.6 Å². The third-order valence-electron chi connectivity index (χ3n) is 9.55. The van der Waals surface area contributed by atoms with Crippen molar-refractivity contribution in [3.8, 4) is 6.01 Å². The number of nitrogens with zero attached hydrogens (tertiary/aromatic N) is 8. The third-order valence-corrected chi connectivity index (χ3v) is 11.4. The Kier molecular flexibility index (Phi) is 9.54. The first kappa shape index (κ1) is 35.0. The van der Waals surface area contributed by atoms with Gasteiger partial charge in [0.2, 0.25) is 0 Å². The molecule has 1 atom stereocenters. The third kappa shape index (κ3) is 7.19. The molecular weight excluding hydrogens is 705 g/mol. The van der Waals surface area contributed by atoms with Gasteiger partial charge in [0.25, 0.3) is 10.0 Å². The molecule has 4 heterocycles. The van der Waals surface area contributed by atoms with Gasteiger partial charge in [-0.15, -0.1) is 9.19 Å². The summed E-state index contributed by atoms with van der Waals surface area (Å²) in [5.41, 5.74) is 1.93. The number of ether oxygens (including phenoxy) is 1. The Hall–Kier alpha value is -4.47. The second-order valence-corrected chi connectivity index (χ2v) is 15.1. The zero-order valence-corrected chi connectivity index (χ0v) is 29.6. The quantitative estimate of drug-likeness (QED) is 0.173. The summed E-state index contributed by atoms with van der Waals surface area (Å²) in [4.78, 5) is 20.1. The van der Waals surface area contributed by atoms with Crippen LogP contribution in [0.5, 0.6) is 6.01 Å². The number of rotatable bonds is 10. The largest absolute Gasteiger partial charge is 0.462 e. The standard InChI is InChI=1S/C35H36ClF3N8O3S/c1-44-17-5-8-25(44)21-50-34-41-29-20-46(30-10-4-7-23-6-3-9-28(36)32(23)30)19-15-27(29)33(42-34)45(2)18-16-31-40-22-47(43-31)51(48,49)26-13-11-24(12-14-26)35(37,38)39/h3-4,6-7,9-14,22,25H,5,8,15-21H2,1-2H3/t25-/m0/s1. The highest BCUT2D eigenvalue weighted by Crippen LogP contribution is 2.37. The Morgan fingerprint density at radius 3 is 2.53 bits per heavy atom. The normalized spacial score (nSPS) is 16.8. The predicted octanol–water partition coefficient (Wildman–Crippen LogP) is 5.85. The van der Waals surface area contributed by atoms with Crippen LogP contribution >= 0.6 is 11.6 Å². The fraction of sp³-hybridized carbons (Fsp3) is 0.371. The minimum Gasteiger partial charge on any atom is -0.462 e. The average Bonchev–Trinajstić information content (AvgIpc) is 3.78. The van der Waals surface area contributed by atoms with Crippen molar-refractivity contribution >= 4 is 43.9 Å². The Bertz CT molecular complexity index is 2160. The number of likely N-dealkylation sites (tertiary alicyclic amines) is 1. The lowest BCUT2D eigenvalue weighted by atomic mass is 10.0. The van der Waals surface area contributed by atoms with Crippen molar-refractivity contribution in [3.05, 3.63) is 94.7 Å². The lowest BCUT2D eigenvalue weighted by Crippen LogP contribution is -2.34. The summed E-state index contributed by atoms with van der Waals surface area (Å²) in [6.45, 7) is 3.11. The van der Waals surface area contributed by atoms with Gasteiger partial charge in [-0.05, 0) is 74.6 Å². The van der Waals surface area contributed by atoms with Crippen LogP contribution in [0, 0.1) is 0 Å². The SMILES string of the molecule is CN(CCc1ncn(S(=O)(=O)c2ccc(C(F)(F)F)cc2)n1)c1nc(OC[C@@H]2CCCN2C)nc2c1CCN(c1cccc3cccc(Cl)c13)C2. The summed E-state index contributed by atoms with van der Waals surface area (Å²) < 4.78 is 72.1. The Morgan fingerprint density at radius 2 is 1.80 bits per heavy atom. The molecule has 0 N–H and O–H groups in total. The van der Waals surface area contributed by atoms with Crippen LogP contribution in [0.3, 0.4) is 0 Å². The fourth-order valence-electron chi connectivity index (χ4n) is 6.68. The molecule has 2 aromatic heterocycles. The molecule has 51 heavy (non-hydrogen) atoms. The van der Waals surface area contributed by atoms with Crippen molar-refractivity contribution in [2.75, 3.05) is 50.1 Å². The van der Waals surface area contributed by atoms with E-state index in [4.69, 9.17) is 26.3 Å². The molecule has 0 unspecified atom stereocenters. The van der Waals surface area contributed by atoms with Gasteiger partial charge in [-0.1, -0.05) is 35.9 Å². The zero-order valence-electron chi connectivity index (χ0n) is 28.0. The van der Waals surface area contributed by atoms with E-state index in [1.165, 1.54) is 0 Å². The molecule has 0 radical (unpaired) electrons. The van der Waals surface area contributed by atoms with Crippen molar-refractivity contribution in [1.29, 1.82) is 0 Å². The van der Waals surface area contributed by atoms with E-state index in [0.29, 0.717) is 53.6 Å². The van der Waals surface area contributed by atoms with Crippen molar-refractivity contribution in [3.63, 3.8) is 0 Å². The first-order valence-electron chi connectivity index (χ1n) is 16.6. The summed E-state index contributed by atoms with van der Waals surface area (Å²) >= 11 is 6.69. The molecule has 2 aliphatic heterocycles. The van der Waals surface area contributed by atoms with Crippen molar-refractivity contribution < 1.29 is 26.3 Å². The summed E-state index contributed by atoms with van der Waals surface area (Å²) in [7, 11) is -0.261. The highest BCUT2D eigenvalue weighted by molar-refractivity contribution is 7.89. The Morgan fingerprint density at radius 1 is 1.04 bits per heavy atom. The van der Waals surface area contributed by atoms with E-state index in [1.807, 2.05) is 42.3 Å². The molecule has 1 saturated heterocycles. The smallest absolute Gasteiger partial charge is 0.416 e. The predicted molar refractivity (Wildman–Crippen MR) is 188 cm³/mol. The van der Waals surface area contributed by atoms with Crippen LogP contribution in [0.15, 0.2) is 71.9 Å². The Balaban J connectivity index is 1.12. The summed E-state index contributed by atoms with van der Waals surface area (Å²) in [5.74, 6) is 0.960. The van der Waals surface area contributed by atoms with E-state index in [9.17, 15) is 21.6 Å². The maximum Gasteiger partial charge on any atom is 0.416 e. The molecule has 5 aromatic rings. The minimum absolute atomic E-state index is 0.250. The minimum atomic E-state index is -4.58. The van der Waals surface area contributed by atoms with Crippen LogP contribution < -0.4 is 14.5 Å². The molecule has 1 fully saturated rings. The highest BCUT2D eigenvalue weighted by atomic mass is 35.5. The molecule has 268 valence electrons. The molecule has 3 aromatic carbocycles. The average molecular weight is 741 g/mol. The van der Waals surface area contributed by atoms with E-state index in [-0.39, 0.29) is 23.2 Å². The van der Waals surface area contributed by atoms with E-state index in [2.05, 4.69) is 33.0 Å². The first-order chi connectivity index (χ1) is 24.4. The van der Waals surface area contributed by atoms with Gasteiger partial charge in [0.1, 0.15) is 18.8 Å². The molecule has 0 bridgehead atoms. The van der Waals surface area contributed by atoms with E-state index in [0.717, 1.165) is 77.7 Å². The second-order valence-electron chi connectivity index (χ2n) is 12.9. The molecular formula is C35H36ClF3N8O3S. The van der Waals surface area contributed by atoms with E-state index >= 15 is 0 Å². The molecule has 0 spiro atoms.